The van der Waals surface area contributed by atoms with Gasteiger partial charge in [0.15, 0.2) is 0 Å². The normalized spacial score (nSPS) is 27.6. The van der Waals surface area contributed by atoms with E-state index in [-0.39, 0.29) is 0 Å². The predicted octanol–water partition coefficient (Wildman–Crippen LogP) is 6.13. The molecule has 0 aromatic heterocycles. The van der Waals surface area contributed by atoms with E-state index in [1.165, 1.54) is 64.2 Å². The zero-order valence-corrected chi connectivity index (χ0v) is 11.7. The standard InChI is InChI=1S/C18H28/c1-2-4-6-8-10-12-14-16-18-17-15-13-11-9-7-5-3-1/h1-4,15-18H,5-14H2/b3-1-,4-2+,17-15+,18-16-. The SMILES string of the molecule is C1=C\CCCCC/C=C/C=C\CCCCC/C=C/1. The predicted molar refractivity (Wildman–Crippen MR) is 82.7 cm³/mol. The maximum absolute atomic E-state index is 2.30. The van der Waals surface area contributed by atoms with Gasteiger partial charge in [0.25, 0.3) is 0 Å². The van der Waals surface area contributed by atoms with Gasteiger partial charge in [-0.05, 0) is 51.4 Å². The lowest BCUT2D eigenvalue weighted by molar-refractivity contribution is 0.694. The van der Waals surface area contributed by atoms with Gasteiger partial charge < -0.3 is 0 Å². The summed E-state index contributed by atoms with van der Waals surface area (Å²) in [5.74, 6) is 0. The summed E-state index contributed by atoms with van der Waals surface area (Å²) >= 11 is 0. The number of rotatable bonds is 0. The van der Waals surface area contributed by atoms with Gasteiger partial charge in [0.2, 0.25) is 0 Å². The Balaban J connectivity index is 2.25. The zero-order valence-electron chi connectivity index (χ0n) is 11.7. The molecule has 0 heterocycles. The van der Waals surface area contributed by atoms with Crippen LogP contribution in [0, 0.1) is 0 Å². The molecule has 0 radical (unpaired) electrons. The van der Waals surface area contributed by atoms with Crippen molar-refractivity contribution >= 4 is 0 Å². The topological polar surface area (TPSA) is 0 Å². The molecule has 0 bridgehead atoms. The molecule has 0 aliphatic heterocycles. The fourth-order valence-electron chi connectivity index (χ4n) is 2.10. The van der Waals surface area contributed by atoms with E-state index in [9.17, 15) is 0 Å². The Morgan fingerprint density at radius 2 is 0.611 bits per heavy atom. The summed E-state index contributed by atoms with van der Waals surface area (Å²) in [7, 11) is 0. The molecule has 0 amide bonds. The maximum atomic E-state index is 2.30. The van der Waals surface area contributed by atoms with Gasteiger partial charge in [-0.25, -0.2) is 0 Å². The van der Waals surface area contributed by atoms with Crippen molar-refractivity contribution in [3.8, 4) is 0 Å². The molecule has 0 aromatic rings. The molecule has 0 unspecified atom stereocenters. The van der Waals surface area contributed by atoms with Crippen LogP contribution in [0.4, 0.5) is 0 Å². The fraction of sp³-hybridized carbons (Fsp3) is 0.556. The van der Waals surface area contributed by atoms with Gasteiger partial charge in [0.1, 0.15) is 0 Å². The summed E-state index contributed by atoms with van der Waals surface area (Å²) in [6, 6.07) is 0. The monoisotopic (exact) mass is 244 g/mol. The Bertz CT molecular complexity index is 220. The quantitative estimate of drug-likeness (QED) is 0.481. The van der Waals surface area contributed by atoms with Crippen molar-refractivity contribution in [2.75, 3.05) is 0 Å². The Labute approximate surface area is 113 Å². The highest BCUT2D eigenvalue weighted by atomic mass is 13.9. The minimum atomic E-state index is 1.23. The second-order valence-corrected chi connectivity index (χ2v) is 4.99. The second kappa shape index (κ2) is 12.4. The van der Waals surface area contributed by atoms with Crippen molar-refractivity contribution < 1.29 is 0 Å². The van der Waals surface area contributed by atoms with Crippen molar-refractivity contribution in [1.82, 2.24) is 0 Å². The molecule has 0 atom stereocenters. The Morgan fingerprint density at radius 3 is 0.889 bits per heavy atom. The lowest BCUT2D eigenvalue weighted by Crippen LogP contribution is -1.76. The fourth-order valence-corrected chi connectivity index (χ4v) is 2.10. The van der Waals surface area contributed by atoms with E-state index in [1.807, 2.05) is 0 Å². The first kappa shape index (κ1) is 15.0. The van der Waals surface area contributed by atoms with Crippen molar-refractivity contribution in [3.05, 3.63) is 48.6 Å². The number of hydrogen-bond donors (Lipinski definition) is 0. The summed E-state index contributed by atoms with van der Waals surface area (Å²) in [6.45, 7) is 0. The van der Waals surface area contributed by atoms with Gasteiger partial charge in [-0.2, -0.15) is 0 Å². The molecule has 18 heavy (non-hydrogen) atoms. The van der Waals surface area contributed by atoms with Crippen LogP contribution >= 0.6 is 0 Å². The maximum Gasteiger partial charge on any atom is -0.0348 e. The zero-order chi connectivity index (χ0) is 12.7. The minimum Gasteiger partial charge on any atom is -0.0845 e. The third-order valence-electron chi connectivity index (χ3n) is 3.25. The first-order chi connectivity index (χ1) is 9.00. The summed E-state index contributed by atoms with van der Waals surface area (Å²) in [4.78, 5) is 0. The van der Waals surface area contributed by atoms with Crippen LogP contribution in [-0.4, -0.2) is 0 Å². The molecular weight excluding hydrogens is 216 g/mol. The molecular formula is C18H28. The number of allylic oxidation sites excluding steroid dienone is 8. The van der Waals surface area contributed by atoms with Crippen molar-refractivity contribution in [3.63, 3.8) is 0 Å². The van der Waals surface area contributed by atoms with Crippen molar-refractivity contribution in [2.24, 2.45) is 0 Å². The molecule has 0 N–H and O–H groups in total. The van der Waals surface area contributed by atoms with Gasteiger partial charge in [-0.3, -0.25) is 0 Å². The molecule has 0 spiro atoms. The van der Waals surface area contributed by atoms with E-state index >= 15 is 0 Å². The van der Waals surface area contributed by atoms with Crippen LogP contribution in [0.15, 0.2) is 48.6 Å². The summed E-state index contributed by atoms with van der Waals surface area (Å²) in [6.07, 6.45) is 31.0. The minimum absolute atomic E-state index is 1.23. The lowest BCUT2D eigenvalue weighted by Gasteiger charge is -1.96. The molecule has 0 fully saturated rings. The average molecular weight is 244 g/mol. The van der Waals surface area contributed by atoms with Crippen LogP contribution in [0.25, 0.3) is 0 Å². The summed E-state index contributed by atoms with van der Waals surface area (Å²) < 4.78 is 0. The van der Waals surface area contributed by atoms with Crippen LogP contribution in [0.3, 0.4) is 0 Å². The summed E-state index contributed by atoms with van der Waals surface area (Å²) in [5.41, 5.74) is 0. The van der Waals surface area contributed by atoms with Gasteiger partial charge in [0.05, 0.1) is 0 Å². The highest BCUT2D eigenvalue weighted by Crippen LogP contribution is 2.07. The highest BCUT2D eigenvalue weighted by molar-refractivity contribution is 5.03. The highest BCUT2D eigenvalue weighted by Gasteiger charge is 1.87. The van der Waals surface area contributed by atoms with Crippen molar-refractivity contribution in [2.45, 2.75) is 64.2 Å². The van der Waals surface area contributed by atoms with Gasteiger partial charge >= 0.3 is 0 Å². The van der Waals surface area contributed by atoms with E-state index in [0.717, 1.165) is 0 Å². The largest absolute Gasteiger partial charge is 0.0845 e. The van der Waals surface area contributed by atoms with Crippen LogP contribution in [0.1, 0.15) is 64.2 Å². The lowest BCUT2D eigenvalue weighted by atomic mass is 10.1. The van der Waals surface area contributed by atoms with E-state index in [2.05, 4.69) is 48.6 Å². The Kier molecular flexibility index (Phi) is 10.4. The Morgan fingerprint density at radius 1 is 0.333 bits per heavy atom. The number of hydrogen-bond acceptors (Lipinski definition) is 0. The molecule has 1 rings (SSSR count). The van der Waals surface area contributed by atoms with Gasteiger partial charge in [-0.1, -0.05) is 61.4 Å². The molecule has 1 aliphatic carbocycles. The first-order valence-electron chi connectivity index (χ1n) is 7.63. The van der Waals surface area contributed by atoms with Crippen molar-refractivity contribution in [1.29, 1.82) is 0 Å². The average Bonchev–Trinajstić information content (AvgIpc) is 2.39. The van der Waals surface area contributed by atoms with Gasteiger partial charge in [0, 0.05) is 0 Å². The molecule has 0 saturated carbocycles. The molecule has 100 valence electrons. The van der Waals surface area contributed by atoms with Crippen LogP contribution in [-0.2, 0) is 0 Å². The molecule has 0 nitrogen and oxygen atoms in total. The third kappa shape index (κ3) is 10.1. The van der Waals surface area contributed by atoms with E-state index < -0.39 is 0 Å². The van der Waals surface area contributed by atoms with E-state index in [1.54, 1.807) is 0 Å². The van der Waals surface area contributed by atoms with Gasteiger partial charge in [-0.15, -0.1) is 0 Å². The smallest absolute Gasteiger partial charge is 0.0348 e. The third-order valence-corrected chi connectivity index (χ3v) is 3.25. The Hall–Kier alpha value is -1.04. The molecule has 0 heteroatoms. The van der Waals surface area contributed by atoms with Crippen LogP contribution in [0.5, 0.6) is 0 Å². The first-order valence-corrected chi connectivity index (χ1v) is 7.63. The van der Waals surface area contributed by atoms with E-state index in [4.69, 9.17) is 0 Å². The van der Waals surface area contributed by atoms with Crippen LogP contribution in [0.2, 0.25) is 0 Å². The van der Waals surface area contributed by atoms with E-state index in [0.29, 0.717) is 0 Å². The summed E-state index contributed by atoms with van der Waals surface area (Å²) in [5, 5.41) is 0. The van der Waals surface area contributed by atoms with Crippen LogP contribution < -0.4 is 0 Å². The molecule has 0 aromatic carbocycles. The molecule has 1 aliphatic rings. The molecule has 0 saturated heterocycles. The second-order valence-electron chi connectivity index (χ2n) is 4.99.